The van der Waals surface area contributed by atoms with Gasteiger partial charge in [0.1, 0.15) is 17.2 Å². The van der Waals surface area contributed by atoms with Crippen LogP contribution >= 0.6 is 11.8 Å². The van der Waals surface area contributed by atoms with E-state index in [1.165, 1.54) is 11.8 Å². The molecule has 2 N–H and O–H groups in total. The van der Waals surface area contributed by atoms with E-state index in [1.54, 1.807) is 0 Å². The summed E-state index contributed by atoms with van der Waals surface area (Å²) in [6, 6.07) is 0. The van der Waals surface area contributed by atoms with Gasteiger partial charge in [0.15, 0.2) is 0 Å². The topological polar surface area (TPSA) is 111 Å². The number of aliphatic hydroxyl groups excluding tert-OH is 1. The number of ether oxygens (including phenoxy) is 2. The first-order valence-corrected chi connectivity index (χ1v) is 6.43. The Morgan fingerprint density at radius 3 is 3.00 bits per heavy atom. The first-order chi connectivity index (χ1) is 9.06. The fourth-order valence-electron chi connectivity index (χ4n) is 1.64. The number of esters is 1. The van der Waals surface area contributed by atoms with Gasteiger partial charge in [-0.1, -0.05) is 0 Å². The van der Waals surface area contributed by atoms with Crippen molar-refractivity contribution in [3.8, 4) is 0 Å². The van der Waals surface area contributed by atoms with Crippen molar-refractivity contribution in [3.05, 3.63) is 32.6 Å². The summed E-state index contributed by atoms with van der Waals surface area (Å²) in [6.45, 7) is -0.177. The molecule has 0 aromatic carbocycles. The van der Waals surface area contributed by atoms with Crippen LogP contribution in [0.5, 0.6) is 0 Å². The molecule has 8 nitrogen and oxygen atoms in total. The van der Waals surface area contributed by atoms with E-state index in [0.717, 1.165) is 17.9 Å². The van der Waals surface area contributed by atoms with Crippen LogP contribution in [-0.4, -0.2) is 45.5 Å². The molecule has 104 valence electrons. The van der Waals surface area contributed by atoms with Crippen molar-refractivity contribution in [1.29, 1.82) is 0 Å². The second kappa shape index (κ2) is 5.59. The van der Waals surface area contributed by atoms with Crippen molar-refractivity contribution >= 4 is 17.7 Å². The van der Waals surface area contributed by atoms with E-state index in [2.05, 4.69) is 4.74 Å². The number of hydrogen-bond acceptors (Lipinski definition) is 7. The first-order valence-electron chi connectivity index (χ1n) is 5.38. The smallest absolute Gasteiger partial charge is 0.345 e. The van der Waals surface area contributed by atoms with Gasteiger partial charge in [-0.3, -0.25) is 14.3 Å². The third-order valence-corrected chi connectivity index (χ3v) is 3.68. The molecule has 2 rings (SSSR count). The van der Waals surface area contributed by atoms with E-state index in [1.807, 2.05) is 4.98 Å². The Hall–Kier alpha value is -1.58. The maximum atomic E-state index is 11.7. The number of rotatable bonds is 3. The SMILES string of the molecule is COC(=O)c1cn([C@H]2CS[C@@H](CO)O2)c(=O)[nH]c1=O. The molecule has 1 aromatic rings. The molecule has 0 spiro atoms. The van der Waals surface area contributed by atoms with Crippen LogP contribution in [-0.2, 0) is 9.47 Å². The summed E-state index contributed by atoms with van der Waals surface area (Å²) < 4.78 is 11.0. The number of carbonyl (C=O) groups is 1. The molecule has 0 radical (unpaired) electrons. The molecule has 1 aliphatic heterocycles. The number of methoxy groups -OCH3 is 1. The fraction of sp³-hybridized carbons (Fsp3) is 0.500. The van der Waals surface area contributed by atoms with Crippen molar-refractivity contribution in [1.82, 2.24) is 9.55 Å². The van der Waals surface area contributed by atoms with E-state index < -0.39 is 28.9 Å². The van der Waals surface area contributed by atoms with E-state index in [-0.39, 0.29) is 12.2 Å². The Morgan fingerprint density at radius 1 is 1.68 bits per heavy atom. The standard InChI is InChI=1S/C10H12N2O6S/c1-17-9(15)5-2-12(10(16)11-8(5)14)6-4-19-7(3-13)18-6/h2,6-7,13H,3-4H2,1H3,(H,11,14,16)/t6-,7+/m1/s1. The first kappa shape index (κ1) is 13.8. The van der Waals surface area contributed by atoms with Crippen LogP contribution < -0.4 is 11.2 Å². The highest BCUT2D eigenvalue weighted by atomic mass is 32.2. The van der Waals surface area contributed by atoms with Gasteiger partial charge in [0.2, 0.25) is 0 Å². The molecule has 2 atom stereocenters. The molecule has 0 saturated carbocycles. The highest BCUT2D eigenvalue weighted by molar-refractivity contribution is 8.00. The minimum atomic E-state index is -0.834. The van der Waals surface area contributed by atoms with Crippen molar-refractivity contribution in [3.63, 3.8) is 0 Å². The van der Waals surface area contributed by atoms with Gasteiger partial charge in [-0.15, -0.1) is 11.8 Å². The van der Waals surface area contributed by atoms with Gasteiger partial charge >= 0.3 is 11.7 Å². The summed E-state index contributed by atoms with van der Waals surface area (Å²) in [5.74, 6) is -0.406. The van der Waals surface area contributed by atoms with Gasteiger partial charge in [0, 0.05) is 11.9 Å². The second-order valence-corrected chi connectivity index (χ2v) is 4.93. The van der Waals surface area contributed by atoms with Crippen LogP contribution in [0.2, 0.25) is 0 Å². The third kappa shape index (κ3) is 2.72. The molecule has 0 bridgehead atoms. The number of nitrogens with zero attached hydrogens (tertiary/aromatic N) is 1. The molecule has 2 heterocycles. The minimum absolute atomic E-state index is 0.177. The van der Waals surface area contributed by atoms with Crippen LogP contribution in [0.15, 0.2) is 15.8 Å². The average molecular weight is 288 g/mol. The number of H-pyrrole nitrogens is 1. The molecule has 1 saturated heterocycles. The molecule has 0 unspecified atom stereocenters. The Labute approximate surface area is 111 Å². The lowest BCUT2D eigenvalue weighted by atomic mass is 10.3. The summed E-state index contributed by atoms with van der Waals surface area (Å²) in [6.07, 6.45) is 0.466. The van der Waals surface area contributed by atoms with Crippen LogP contribution in [0.4, 0.5) is 0 Å². The van der Waals surface area contributed by atoms with Crippen LogP contribution in [0.25, 0.3) is 0 Å². The molecule has 1 fully saturated rings. The molecule has 0 aliphatic carbocycles. The molecule has 9 heteroatoms. The summed E-state index contributed by atoms with van der Waals surface area (Å²) in [7, 11) is 1.14. The van der Waals surface area contributed by atoms with Gasteiger partial charge in [0.05, 0.1) is 13.7 Å². The van der Waals surface area contributed by atoms with Gasteiger partial charge in [-0.2, -0.15) is 0 Å². The van der Waals surface area contributed by atoms with Crippen LogP contribution in [0.1, 0.15) is 16.6 Å². The van der Waals surface area contributed by atoms with Crippen LogP contribution in [0.3, 0.4) is 0 Å². The Morgan fingerprint density at radius 2 is 2.42 bits per heavy atom. The van der Waals surface area contributed by atoms with Gasteiger partial charge in [0.25, 0.3) is 5.56 Å². The molecule has 1 aromatic heterocycles. The lowest BCUT2D eigenvalue weighted by Gasteiger charge is -2.14. The second-order valence-electron chi connectivity index (χ2n) is 3.74. The summed E-state index contributed by atoms with van der Waals surface area (Å²) >= 11 is 1.34. The highest BCUT2D eigenvalue weighted by Gasteiger charge is 2.28. The maximum absolute atomic E-state index is 11.7. The van der Waals surface area contributed by atoms with Crippen molar-refractivity contribution in [2.45, 2.75) is 11.7 Å². The molecular formula is C10H12N2O6S. The van der Waals surface area contributed by atoms with Crippen molar-refractivity contribution in [2.24, 2.45) is 0 Å². The summed E-state index contributed by atoms with van der Waals surface area (Å²) in [5, 5.41) is 8.96. The maximum Gasteiger partial charge on any atom is 0.345 e. The molecular weight excluding hydrogens is 276 g/mol. The number of nitrogens with one attached hydrogen (secondary N) is 1. The zero-order valence-corrected chi connectivity index (χ0v) is 10.8. The monoisotopic (exact) mass is 288 g/mol. The Balaban J connectivity index is 2.39. The van der Waals surface area contributed by atoms with Crippen molar-refractivity contribution < 1.29 is 19.4 Å². The average Bonchev–Trinajstić information content (AvgIpc) is 2.86. The number of carbonyl (C=O) groups excluding carboxylic acids is 1. The third-order valence-electron chi connectivity index (χ3n) is 2.57. The largest absolute Gasteiger partial charge is 0.465 e. The predicted molar refractivity (Wildman–Crippen MR) is 66.1 cm³/mol. The molecule has 19 heavy (non-hydrogen) atoms. The van der Waals surface area contributed by atoms with Gasteiger partial charge in [-0.25, -0.2) is 9.59 Å². The highest BCUT2D eigenvalue weighted by Crippen LogP contribution is 2.30. The zero-order chi connectivity index (χ0) is 14.0. The number of aliphatic hydroxyl groups is 1. The predicted octanol–water partition coefficient (Wildman–Crippen LogP) is -1.10. The quantitative estimate of drug-likeness (QED) is 0.679. The van der Waals surface area contributed by atoms with Crippen LogP contribution in [0, 0.1) is 0 Å². The summed E-state index contributed by atoms with van der Waals surface area (Å²) in [5.41, 5.74) is -2.19. The number of aromatic amines is 1. The van der Waals surface area contributed by atoms with Gasteiger partial charge in [-0.05, 0) is 0 Å². The minimum Gasteiger partial charge on any atom is -0.465 e. The number of hydrogen-bond donors (Lipinski definition) is 2. The lowest BCUT2D eigenvalue weighted by Crippen LogP contribution is -2.36. The molecule has 0 amide bonds. The van der Waals surface area contributed by atoms with E-state index in [4.69, 9.17) is 9.84 Å². The van der Waals surface area contributed by atoms with Gasteiger partial charge < -0.3 is 14.6 Å². The zero-order valence-electron chi connectivity index (χ0n) is 9.99. The van der Waals surface area contributed by atoms with E-state index >= 15 is 0 Å². The Kier molecular flexibility index (Phi) is 4.08. The number of thioether (sulfide) groups is 1. The number of aromatic nitrogens is 2. The lowest BCUT2D eigenvalue weighted by molar-refractivity contribution is -0.00660. The fourth-order valence-corrected chi connectivity index (χ4v) is 2.57. The van der Waals surface area contributed by atoms with E-state index in [0.29, 0.717) is 5.75 Å². The molecule has 1 aliphatic rings. The van der Waals surface area contributed by atoms with E-state index in [9.17, 15) is 14.4 Å². The summed E-state index contributed by atoms with van der Waals surface area (Å²) in [4.78, 5) is 36.6. The Bertz CT molecular complexity index is 594. The van der Waals surface area contributed by atoms with Crippen molar-refractivity contribution in [2.75, 3.05) is 19.5 Å². The normalized spacial score (nSPS) is 22.4.